The summed E-state index contributed by atoms with van der Waals surface area (Å²) in [5.41, 5.74) is 0.231. The van der Waals surface area contributed by atoms with Crippen molar-refractivity contribution in [3.05, 3.63) is 42.5 Å². The molecule has 1 unspecified atom stereocenters. The molecule has 1 aromatic heterocycles. The Bertz CT molecular complexity index is 885. The fourth-order valence-corrected chi connectivity index (χ4v) is 5.06. The van der Waals surface area contributed by atoms with Crippen molar-refractivity contribution in [3.63, 3.8) is 0 Å². The van der Waals surface area contributed by atoms with Gasteiger partial charge in [0, 0.05) is 45.3 Å². The third-order valence-corrected chi connectivity index (χ3v) is 6.91. The number of halogens is 2. The van der Waals surface area contributed by atoms with Crippen LogP contribution in [0.3, 0.4) is 0 Å². The predicted molar refractivity (Wildman–Crippen MR) is 102 cm³/mol. The molecule has 2 aliphatic rings. The van der Waals surface area contributed by atoms with E-state index in [0.29, 0.717) is 13.1 Å². The Kier molecular flexibility index (Phi) is 6.17. The number of benzene rings is 1. The number of hydrogen-bond donors (Lipinski definition) is 1. The van der Waals surface area contributed by atoms with E-state index >= 15 is 0 Å². The minimum absolute atomic E-state index is 0. The van der Waals surface area contributed by atoms with E-state index in [0.717, 1.165) is 32.6 Å². The van der Waals surface area contributed by atoms with Crippen molar-refractivity contribution in [1.82, 2.24) is 24.3 Å². The second kappa shape index (κ2) is 8.24. The van der Waals surface area contributed by atoms with Gasteiger partial charge in [0.25, 0.3) is 0 Å². The molecule has 0 aliphatic carbocycles. The first-order valence-electron chi connectivity index (χ1n) is 8.80. The largest absolute Gasteiger partial charge is 0.314 e. The van der Waals surface area contributed by atoms with Gasteiger partial charge >= 0.3 is 0 Å². The Morgan fingerprint density at radius 2 is 1.89 bits per heavy atom. The molecule has 2 saturated heterocycles. The Morgan fingerprint density at radius 3 is 2.63 bits per heavy atom. The third-order valence-electron chi connectivity index (χ3n) is 5.09. The molecule has 148 valence electrons. The number of sulfonamides is 1. The summed E-state index contributed by atoms with van der Waals surface area (Å²) in [6.45, 7) is 4.78. The van der Waals surface area contributed by atoms with E-state index in [2.05, 4.69) is 15.3 Å². The van der Waals surface area contributed by atoms with Gasteiger partial charge in [-0.25, -0.2) is 17.5 Å². The van der Waals surface area contributed by atoms with Gasteiger partial charge in [-0.15, -0.1) is 12.4 Å². The van der Waals surface area contributed by atoms with Gasteiger partial charge in [-0.1, -0.05) is 12.1 Å². The highest BCUT2D eigenvalue weighted by Crippen LogP contribution is 2.24. The smallest absolute Gasteiger partial charge is 0.246 e. The normalized spacial score (nSPS) is 21.9. The van der Waals surface area contributed by atoms with E-state index in [9.17, 15) is 12.8 Å². The van der Waals surface area contributed by atoms with Crippen molar-refractivity contribution in [2.45, 2.75) is 17.4 Å². The molecular formula is C17H23ClFN5O2S. The molecule has 0 amide bonds. The van der Waals surface area contributed by atoms with Gasteiger partial charge in [0.15, 0.2) is 0 Å². The average molecular weight is 416 g/mol. The van der Waals surface area contributed by atoms with Crippen LogP contribution >= 0.6 is 12.4 Å². The van der Waals surface area contributed by atoms with Crippen LogP contribution in [0.25, 0.3) is 5.69 Å². The summed E-state index contributed by atoms with van der Waals surface area (Å²) in [5, 5.41) is 7.36. The SMILES string of the molecule is Cl.O=S(=O)(c1cnn(-c2ccccc2F)c1)N1CCC(N2CCNCC2)C1. The first-order valence-corrected chi connectivity index (χ1v) is 10.2. The zero-order valence-corrected chi connectivity index (χ0v) is 16.4. The van der Waals surface area contributed by atoms with Gasteiger partial charge in [0.05, 0.1) is 12.4 Å². The molecule has 27 heavy (non-hydrogen) atoms. The molecule has 4 rings (SSSR count). The highest BCUT2D eigenvalue weighted by atomic mass is 35.5. The monoisotopic (exact) mass is 415 g/mol. The van der Waals surface area contributed by atoms with Crippen molar-refractivity contribution < 1.29 is 12.8 Å². The number of nitrogens with zero attached hydrogens (tertiary/aromatic N) is 4. The van der Waals surface area contributed by atoms with Crippen LogP contribution in [0.2, 0.25) is 0 Å². The summed E-state index contributed by atoms with van der Waals surface area (Å²) >= 11 is 0. The maximum Gasteiger partial charge on any atom is 0.246 e. The second-order valence-electron chi connectivity index (χ2n) is 6.66. The highest BCUT2D eigenvalue weighted by Gasteiger charge is 2.36. The summed E-state index contributed by atoms with van der Waals surface area (Å²) in [5.74, 6) is -0.445. The highest BCUT2D eigenvalue weighted by molar-refractivity contribution is 7.89. The van der Waals surface area contributed by atoms with E-state index < -0.39 is 15.8 Å². The standard InChI is InChI=1S/C17H22FN5O2S.ClH/c18-16-3-1-2-4-17(16)23-13-15(11-20-23)26(24,25)22-8-5-14(12-22)21-9-6-19-7-10-21;/h1-4,11,13-14,19H,5-10,12H2;1H. The van der Waals surface area contributed by atoms with Crippen LogP contribution in [0.5, 0.6) is 0 Å². The minimum Gasteiger partial charge on any atom is -0.314 e. The number of nitrogens with one attached hydrogen (secondary N) is 1. The molecule has 1 aromatic carbocycles. The van der Waals surface area contributed by atoms with Gasteiger partial charge < -0.3 is 5.32 Å². The lowest BCUT2D eigenvalue weighted by Gasteiger charge is -2.32. The lowest BCUT2D eigenvalue weighted by Crippen LogP contribution is -2.49. The molecule has 2 fully saturated rings. The maximum atomic E-state index is 13.9. The Labute approximate surface area is 164 Å². The van der Waals surface area contributed by atoms with E-state index in [1.165, 1.54) is 27.4 Å². The van der Waals surface area contributed by atoms with Crippen LogP contribution in [-0.2, 0) is 10.0 Å². The van der Waals surface area contributed by atoms with Crippen molar-refractivity contribution in [2.75, 3.05) is 39.3 Å². The molecule has 0 saturated carbocycles. The molecule has 0 bridgehead atoms. The summed E-state index contributed by atoms with van der Waals surface area (Å²) in [6, 6.07) is 6.42. The topological polar surface area (TPSA) is 70.5 Å². The molecule has 1 atom stereocenters. The zero-order chi connectivity index (χ0) is 18.1. The van der Waals surface area contributed by atoms with Crippen molar-refractivity contribution >= 4 is 22.4 Å². The van der Waals surface area contributed by atoms with Crippen LogP contribution in [-0.4, -0.2) is 72.7 Å². The van der Waals surface area contributed by atoms with E-state index in [4.69, 9.17) is 0 Å². The molecule has 3 heterocycles. The molecule has 1 N–H and O–H groups in total. The van der Waals surface area contributed by atoms with Gasteiger partial charge in [0.2, 0.25) is 10.0 Å². The van der Waals surface area contributed by atoms with Gasteiger partial charge in [-0.3, -0.25) is 4.90 Å². The number of aromatic nitrogens is 2. The van der Waals surface area contributed by atoms with Crippen molar-refractivity contribution in [1.29, 1.82) is 0 Å². The summed E-state index contributed by atoms with van der Waals surface area (Å²) < 4.78 is 42.6. The van der Waals surface area contributed by atoms with Gasteiger partial charge in [-0.2, -0.15) is 9.40 Å². The number of piperazine rings is 1. The van der Waals surface area contributed by atoms with E-state index in [1.54, 1.807) is 18.2 Å². The number of rotatable bonds is 4. The molecule has 10 heteroatoms. The fraction of sp³-hybridized carbons (Fsp3) is 0.471. The number of hydrogen-bond acceptors (Lipinski definition) is 5. The first-order chi connectivity index (χ1) is 12.6. The quantitative estimate of drug-likeness (QED) is 0.809. The molecule has 7 nitrogen and oxygen atoms in total. The van der Waals surface area contributed by atoms with Crippen LogP contribution in [0.15, 0.2) is 41.6 Å². The third kappa shape index (κ3) is 4.02. The minimum atomic E-state index is -3.63. The second-order valence-corrected chi connectivity index (χ2v) is 8.60. The fourth-order valence-electron chi connectivity index (χ4n) is 3.63. The van der Waals surface area contributed by atoms with Crippen molar-refractivity contribution in [3.8, 4) is 5.69 Å². The molecule has 0 spiro atoms. The molecule has 0 radical (unpaired) electrons. The summed E-state index contributed by atoms with van der Waals surface area (Å²) in [4.78, 5) is 2.45. The van der Waals surface area contributed by atoms with Crippen LogP contribution in [0.1, 0.15) is 6.42 Å². The lowest BCUT2D eigenvalue weighted by atomic mass is 10.2. The molecule has 2 aliphatic heterocycles. The van der Waals surface area contributed by atoms with Crippen LogP contribution in [0.4, 0.5) is 4.39 Å². The first kappa shape index (κ1) is 20.2. The Balaban J connectivity index is 0.00000210. The van der Waals surface area contributed by atoms with Gasteiger partial charge in [0.1, 0.15) is 16.4 Å². The predicted octanol–water partition coefficient (Wildman–Crippen LogP) is 1.10. The molecule has 2 aromatic rings. The zero-order valence-electron chi connectivity index (χ0n) is 14.8. The number of para-hydroxylation sites is 1. The van der Waals surface area contributed by atoms with Crippen LogP contribution in [0, 0.1) is 5.82 Å². The van der Waals surface area contributed by atoms with Crippen LogP contribution < -0.4 is 5.32 Å². The Hall–Kier alpha value is -1.52. The lowest BCUT2D eigenvalue weighted by molar-refractivity contribution is 0.179. The molecular weight excluding hydrogens is 393 g/mol. The van der Waals surface area contributed by atoms with E-state index in [-0.39, 0.29) is 29.0 Å². The van der Waals surface area contributed by atoms with E-state index in [1.807, 2.05) is 0 Å². The van der Waals surface area contributed by atoms with Gasteiger partial charge in [-0.05, 0) is 18.6 Å². The summed E-state index contributed by atoms with van der Waals surface area (Å²) in [6.07, 6.45) is 3.51. The maximum absolute atomic E-state index is 13.9. The van der Waals surface area contributed by atoms with Crippen molar-refractivity contribution in [2.24, 2.45) is 0 Å². The Morgan fingerprint density at radius 1 is 1.15 bits per heavy atom. The average Bonchev–Trinajstić information content (AvgIpc) is 3.33. The summed E-state index contributed by atoms with van der Waals surface area (Å²) in [7, 11) is -3.63.